The first kappa shape index (κ1) is 32.1. The van der Waals surface area contributed by atoms with Crippen LogP contribution in [0.25, 0.3) is 0 Å². The van der Waals surface area contributed by atoms with Crippen LogP contribution in [0.1, 0.15) is 168 Å². The van der Waals surface area contributed by atoms with E-state index in [0.29, 0.717) is 13.2 Å². The monoisotopic (exact) mass is 509 g/mol. The van der Waals surface area contributed by atoms with Crippen LogP contribution in [-0.2, 0) is 9.47 Å². The van der Waals surface area contributed by atoms with Crippen LogP contribution in [0.15, 0.2) is 0 Å². The van der Waals surface area contributed by atoms with Crippen LogP contribution in [0.4, 0.5) is 0 Å². The van der Waals surface area contributed by atoms with Gasteiger partial charge in [-0.15, -0.1) is 0 Å². The number of aliphatic hydroxyl groups excluding tert-OH is 1. The molecule has 0 amide bonds. The van der Waals surface area contributed by atoms with Gasteiger partial charge in [-0.1, -0.05) is 142 Å². The summed E-state index contributed by atoms with van der Waals surface area (Å²) in [5.74, 6) is 0. The first-order valence-electron chi connectivity index (χ1n) is 16.4. The van der Waals surface area contributed by atoms with Crippen molar-refractivity contribution in [2.75, 3.05) is 19.8 Å². The van der Waals surface area contributed by atoms with Crippen molar-refractivity contribution in [3.05, 3.63) is 0 Å². The number of hydrogen-bond acceptors (Lipinski definition) is 4. The minimum Gasteiger partial charge on any atom is -0.394 e. The van der Waals surface area contributed by atoms with Crippen molar-refractivity contribution in [3.8, 4) is 0 Å². The van der Waals surface area contributed by atoms with Crippen molar-refractivity contribution in [2.24, 2.45) is 0 Å². The Bertz CT molecular complexity index is 462. The van der Waals surface area contributed by atoms with Gasteiger partial charge < -0.3 is 14.6 Å². The van der Waals surface area contributed by atoms with E-state index in [4.69, 9.17) is 9.47 Å². The number of nitrogens with zero attached hydrogens (tertiary/aromatic N) is 1. The highest BCUT2D eigenvalue weighted by atomic mass is 16.6. The van der Waals surface area contributed by atoms with Gasteiger partial charge >= 0.3 is 0 Å². The maximum atomic E-state index is 10.2. The largest absolute Gasteiger partial charge is 0.394 e. The van der Waals surface area contributed by atoms with E-state index < -0.39 is 0 Å². The molecule has 2 rings (SSSR count). The summed E-state index contributed by atoms with van der Waals surface area (Å²) in [7, 11) is 0. The molecule has 4 nitrogen and oxygen atoms in total. The Balaban J connectivity index is 1.53. The van der Waals surface area contributed by atoms with Crippen molar-refractivity contribution < 1.29 is 14.6 Å². The maximum Gasteiger partial charge on any atom is 0.113 e. The number of rotatable bonds is 25. The topological polar surface area (TPSA) is 41.9 Å². The second kappa shape index (κ2) is 20.8. The lowest BCUT2D eigenvalue weighted by Crippen LogP contribution is -2.51. The van der Waals surface area contributed by atoms with Crippen LogP contribution < -0.4 is 0 Å². The van der Waals surface area contributed by atoms with Crippen molar-refractivity contribution >= 4 is 0 Å². The molecule has 1 N–H and O–H groups in total. The molecule has 0 aliphatic carbocycles. The molecule has 0 aromatic carbocycles. The van der Waals surface area contributed by atoms with Crippen LogP contribution in [-0.4, -0.2) is 47.8 Å². The van der Waals surface area contributed by atoms with E-state index in [2.05, 4.69) is 18.7 Å². The molecular weight excluding hydrogens is 446 g/mol. The molecule has 214 valence electrons. The Kier molecular flexibility index (Phi) is 18.5. The lowest BCUT2D eigenvalue weighted by molar-refractivity contribution is -0.0666. The highest BCUT2D eigenvalue weighted by Crippen LogP contribution is 2.39. The number of aliphatic hydroxyl groups is 1. The van der Waals surface area contributed by atoms with Crippen molar-refractivity contribution in [1.29, 1.82) is 0 Å². The molecule has 0 saturated carbocycles. The summed E-state index contributed by atoms with van der Waals surface area (Å²) in [4.78, 5) is 2.43. The highest BCUT2D eigenvalue weighted by molar-refractivity contribution is 5.01. The average Bonchev–Trinajstić information content (AvgIpc) is 3.44. The van der Waals surface area contributed by atoms with Crippen LogP contribution in [0.3, 0.4) is 0 Å². The van der Waals surface area contributed by atoms with E-state index in [1.807, 2.05) is 0 Å². The van der Waals surface area contributed by atoms with Gasteiger partial charge in [0.2, 0.25) is 0 Å². The average molecular weight is 510 g/mol. The number of unbranched alkanes of at least 4 members (excludes halogenated alkanes) is 20. The smallest absolute Gasteiger partial charge is 0.113 e. The molecule has 2 unspecified atom stereocenters. The summed E-state index contributed by atoms with van der Waals surface area (Å²) in [5.41, 5.74) is -0.287. The maximum absolute atomic E-state index is 10.2. The Morgan fingerprint density at radius 1 is 0.528 bits per heavy atom. The molecule has 0 radical (unpaired) electrons. The van der Waals surface area contributed by atoms with Crippen LogP contribution in [0.5, 0.6) is 0 Å². The van der Waals surface area contributed by atoms with Gasteiger partial charge in [0.15, 0.2) is 0 Å². The summed E-state index contributed by atoms with van der Waals surface area (Å²) in [5, 5.41) is 10.2. The summed E-state index contributed by atoms with van der Waals surface area (Å²) < 4.78 is 12.5. The van der Waals surface area contributed by atoms with E-state index in [9.17, 15) is 5.11 Å². The summed E-state index contributed by atoms with van der Waals surface area (Å²) in [6.07, 6.45) is 32.7. The van der Waals surface area contributed by atoms with Gasteiger partial charge in [-0.05, 0) is 25.7 Å². The number of fused-ring (bicyclic) bond motifs is 1. The first-order valence-corrected chi connectivity index (χ1v) is 16.4. The molecule has 2 atom stereocenters. The van der Waals surface area contributed by atoms with Gasteiger partial charge in [0.25, 0.3) is 0 Å². The number of hydrogen-bond donors (Lipinski definition) is 1. The highest BCUT2D eigenvalue weighted by Gasteiger charge is 2.55. The van der Waals surface area contributed by atoms with Crippen molar-refractivity contribution in [3.63, 3.8) is 0 Å². The van der Waals surface area contributed by atoms with Gasteiger partial charge in [-0.2, -0.15) is 0 Å². The van der Waals surface area contributed by atoms with Gasteiger partial charge in [0, 0.05) is 0 Å². The Morgan fingerprint density at radius 3 is 1.14 bits per heavy atom. The molecule has 2 aliphatic rings. The zero-order valence-electron chi connectivity index (χ0n) is 24.5. The zero-order chi connectivity index (χ0) is 25.7. The fourth-order valence-electron chi connectivity index (χ4n) is 6.23. The van der Waals surface area contributed by atoms with E-state index >= 15 is 0 Å². The molecule has 2 saturated heterocycles. The van der Waals surface area contributed by atoms with Gasteiger partial charge in [0.05, 0.1) is 25.4 Å². The zero-order valence-corrected chi connectivity index (χ0v) is 24.5. The van der Waals surface area contributed by atoms with Gasteiger partial charge in [-0.3, -0.25) is 0 Å². The minimum absolute atomic E-state index is 0.135. The van der Waals surface area contributed by atoms with E-state index in [-0.39, 0.29) is 24.6 Å². The van der Waals surface area contributed by atoms with Crippen LogP contribution in [0, 0.1) is 0 Å². The third-order valence-electron chi connectivity index (χ3n) is 8.66. The summed E-state index contributed by atoms with van der Waals surface area (Å²) in [6, 6.07) is 0. The van der Waals surface area contributed by atoms with Crippen molar-refractivity contribution in [2.45, 2.75) is 186 Å². The second-order valence-electron chi connectivity index (χ2n) is 12.0. The molecule has 2 fully saturated rings. The fourth-order valence-corrected chi connectivity index (χ4v) is 6.23. The predicted molar refractivity (Wildman–Crippen MR) is 153 cm³/mol. The second-order valence-corrected chi connectivity index (χ2v) is 12.0. The fraction of sp³-hybridized carbons (Fsp3) is 1.00. The predicted octanol–water partition coefficient (Wildman–Crippen LogP) is 9.13. The third kappa shape index (κ3) is 12.1. The molecule has 0 spiro atoms. The van der Waals surface area contributed by atoms with Crippen LogP contribution in [0.2, 0.25) is 0 Å². The number of ether oxygens (including phenoxy) is 2. The Hall–Kier alpha value is -0.160. The molecule has 36 heavy (non-hydrogen) atoms. The Morgan fingerprint density at radius 2 is 0.833 bits per heavy atom. The standard InChI is InChI=1S/C32H63NO3/c1-3-5-7-9-11-13-15-17-19-21-23-25-30-33-31(36-29-32(33,27-34)28-35-30)26-24-22-20-18-16-14-12-10-8-6-4-2/h30-31,34H,3-29H2,1-2H3. The molecular formula is C32H63NO3. The molecule has 2 aliphatic heterocycles. The molecule has 4 heteroatoms. The normalized spacial score (nSPS) is 24.1. The molecule has 2 heterocycles. The first-order chi connectivity index (χ1) is 17.8. The van der Waals surface area contributed by atoms with Crippen LogP contribution >= 0.6 is 0 Å². The molecule has 0 aromatic rings. The van der Waals surface area contributed by atoms with Gasteiger partial charge in [-0.25, -0.2) is 4.90 Å². The quantitative estimate of drug-likeness (QED) is 0.125. The summed E-state index contributed by atoms with van der Waals surface area (Å²) >= 11 is 0. The third-order valence-corrected chi connectivity index (χ3v) is 8.66. The Labute approximate surface area is 225 Å². The minimum atomic E-state index is -0.287. The molecule has 0 bridgehead atoms. The SMILES string of the molecule is CCCCCCCCCCCCCC1OCC2(CO)COC(CCCCCCCCCCCCC)N12. The van der Waals surface area contributed by atoms with Crippen molar-refractivity contribution in [1.82, 2.24) is 4.90 Å². The lowest BCUT2D eigenvalue weighted by Gasteiger charge is -2.32. The van der Waals surface area contributed by atoms with Gasteiger partial charge in [0.1, 0.15) is 12.5 Å². The summed E-state index contributed by atoms with van der Waals surface area (Å²) in [6.45, 7) is 5.98. The van der Waals surface area contributed by atoms with E-state index in [1.165, 1.54) is 141 Å². The lowest BCUT2D eigenvalue weighted by atomic mass is 10.0. The van der Waals surface area contributed by atoms with E-state index in [1.54, 1.807) is 0 Å². The molecule has 0 aromatic heterocycles. The van der Waals surface area contributed by atoms with E-state index in [0.717, 1.165) is 12.8 Å².